The van der Waals surface area contributed by atoms with E-state index < -0.39 is 0 Å². The van der Waals surface area contributed by atoms with E-state index in [1.54, 1.807) is 0 Å². The molecule has 94 valence electrons. The van der Waals surface area contributed by atoms with Crippen LogP contribution in [0.4, 0.5) is 0 Å². The van der Waals surface area contributed by atoms with Crippen molar-refractivity contribution in [2.24, 2.45) is 5.73 Å². The molecule has 18 heavy (non-hydrogen) atoms. The van der Waals surface area contributed by atoms with Crippen LogP contribution in [0.15, 0.2) is 54.6 Å². The van der Waals surface area contributed by atoms with Crippen molar-refractivity contribution in [3.05, 3.63) is 71.3 Å². The maximum atomic E-state index is 6.17. The Morgan fingerprint density at radius 1 is 1.06 bits per heavy atom. The fraction of sp³-hybridized carbons (Fsp3) is 0.250. The van der Waals surface area contributed by atoms with Crippen molar-refractivity contribution in [2.75, 3.05) is 5.75 Å². The Labute approximate surface area is 113 Å². The van der Waals surface area contributed by atoms with Crippen LogP contribution < -0.4 is 5.73 Å². The van der Waals surface area contributed by atoms with Crippen LogP contribution >= 0.6 is 11.8 Å². The smallest absolute Gasteiger partial charge is 0.0386 e. The van der Waals surface area contributed by atoms with Gasteiger partial charge in [0.25, 0.3) is 0 Å². The highest BCUT2D eigenvalue weighted by Gasteiger charge is 2.05. The van der Waals surface area contributed by atoms with Crippen LogP contribution in [-0.2, 0) is 5.75 Å². The molecule has 0 aliphatic carbocycles. The number of hydrogen-bond acceptors (Lipinski definition) is 2. The molecule has 0 saturated carbocycles. The van der Waals surface area contributed by atoms with E-state index in [0.29, 0.717) is 0 Å². The third-order valence-electron chi connectivity index (χ3n) is 2.88. The molecule has 2 aromatic carbocycles. The zero-order valence-corrected chi connectivity index (χ0v) is 11.5. The summed E-state index contributed by atoms with van der Waals surface area (Å²) >= 11 is 1.89. The van der Waals surface area contributed by atoms with Gasteiger partial charge in [-0.1, -0.05) is 60.2 Å². The van der Waals surface area contributed by atoms with Crippen molar-refractivity contribution >= 4 is 11.8 Å². The molecule has 0 aliphatic rings. The van der Waals surface area contributed by atoms with E-state index in [-0.39, 0.29) is 6.04 Å². The molecule has 1 nitrogen and oxygen atoms in total. The minimum atomic E-state index is 0.126. The third-order valence-corrected chi connectivity index (χ3v) is 4.01. The molecule has 0 saturated heterocycles. The summed E-state index contributed by atoms with van der Waals surface area (Å²) in [4.78, 5) is 0. The first-order valence-corrected chi connectivity index (χ1v) is 7.35. The molecule has 0 radical (unpaired) electrons. The summed E-state index contributed by atoms with van der Waals surface area (Å²) in [5.41, 5.74) is 10.1. The summed E-state index contributed by atoms with van der Waals surface area (Å²) in [6.07, 6.45) is 0. The van der Waals surface area contributed by atoms with Gasteiger partial charge in [-0.05, 0) is 18.1 Å². The third kappa shape index (κ3) is 3.90. The quantitative estimate of drug-likeness (QED) is 0.878. The van der Waals surface area contributed by atoms with E-state index in [1.807, 2.05) is 30.0 Å². The molecule has 0 amide bonds. The van der Waals surface area contributed by atoms with Crippen molar-refractivity contribution in [1.82, 2.24) is 0 Å². The van der Waals surface area contributed by atoms with E-state index in [4.69, 9.17) is 5.73 Å². The normalized spacial score (nSPS) is 12.3. The topological polar surface area (TPSA) is 26.0 Å². The van der Waals surface area contributed by atoms with Crippen LogP contribution in [0.1, 0.15) is 22.7 Å². The standard InChI is InChI=1S/C16H19NS/c1-13-6-5-7-14(10-13)11-18-12-16(17)15-8-3-2-4-9-15/h2-10,16H,11-12,17H2,1H3. The van der Waals surface area contributed by atoms with Gasteiger partial charge in [0.15, 0.2) is 0 Å². The van der Waals surface area contributed by atoms with Crippen molar-refractivity contribution in [1.29, 1.82) is 0 Å². The van der Waals surface area contributed by atoms with Gasteiger partial charge in [-0.15, -0.1) is 0 Å². The van der Waals surface area contributed by atoms with Crippen LogP contribution in [-0.4, -0.2) is 5.75 Å². The molecule has 1 unspecified atom stereocenters. The second-order valence-electron chi connectivity index (χ2n) is 4.52. The first-order valence-electron chi connectivity index (χ1n) is 6.19. The summed E-state index contributed by atoms with van der Waals surface area (Å²) < 4.78 is 0. The Kier molecular flexibility index (Phi) is 4.85. The van der Waals surface area contributed by atoms with Gasteiger partial charge in [0.1, 0.15) is 0 Å². The SMILES string of the molecule is Cc1cccc(CSCC(N)c2ccccc2)c1. The van der Waals surface area contributed by atoms with Crippen molar-refractivity contribution in [3.63, 3.8) is 0 Å². The lowest BCUT2D eigenvalue weighted by molar-refractivity contribution is 0.831. The van der Waals surface area contributed by atoms with Gasteiger partial charge in [0, 0.05) is 17.5 Å². The molecule has 1 atom stereocenters. The second kappa shape index (κ2) is 6.62. The summed E-state index contributed by atoms with van der Waals surface area (Å²) in [6, 6.07) is 19.1. The molecule has 0 aliphatic heterocycles. The Morgan fingerprint density at radius 3 is 2.56 bits per heavy atom. The highest BCUT2D eigenvalue weighted by Crippen LogP contribution is 2.19. The number of nitrogens with two attached hydrogens (primary N) is 1. The number of benzene rings is 2. The minimum absolute atomic E-state index is 0.126. The number of thioether (sulfide) groups is 1. The van der Waals surface area contributed by atoms with Crippen LogP contribution in [0.2, 0.25) is 0 Å². The first-order chi connectivity index (χ1) is 8.75. The van der Waals surface area contributed by atoms with Crippen molar-refractivity contribution < 1.29 is 0 Å². The second-order valence-corrected chi connectivity index (χ2v) is 5.55. The summed E-state index contributed by atoms with van der Waals surface area (Å²) in [5.74, 6) is 1.99. The Balaban J connectivity index is 1.82. The lowest BCUT2D eigenvalue weighted by Gasteiger charge is -2.11. The van der Waals surface area contributed by atoms with Crippen LogP contribution in [0.3, 0.4) is 0 Å². The van der Waals surface area contributed by atoms with E-state index in [1.165, 1.54) is 16.7 Å². The maximum absolute atomic E-state index is 6.17. The molecule has 0 aromatic heterocycles. The first kappa shape index (κ1) is 13.2. The maximum Gasteiger partial charge on any atom is 0.0386 e. The van der Waals surface area contributed by atoms with E-state index in [9.17, 15) is 0 Å². The van der Waals surface area contributed by atoms with Gasteiger partial charge in [-0.3, -0.25) is 0 Å². The molecular weight excluding hydrogens is 238 g/mol. The van der Waals surface area contributed by atoms with Gasteiger partial charge in [0.2, 0.25) is 0 Å². The molecular formula is C16H19NS. The average molecular weight is 257 g/mol. The molecule has 2 heteroatoms. The van der Waals surface area contributed by atoms with Crippen LogP contribution in [0.5, 0.6) is 0 Å². The Bertz CT molecular complexity index is 481. The van der Waals surface area contributed by atoms with Crippen molar-refractivity contribution in [3.8, 4) is 0 Å². The predicted octanol–water partition coefficient (Wildman–Crippen LogP) is 3.93. The lowest BCUT2D eigenvalue weighted by Crippen LogP contribution is -2.12. The van der Waals surface area contributed by atoms with Crippen molar-refractivity contribution in [2.45, 2.75) is 18.7 Å². The number of aryl methyl sites for hydroxylation is 1. The van der Waals surface area contributed by atoms with Gasteiger partial charge in [-0.25, -0.2) is 0 Å². The molecule has 0 heterocycles. The summed E-state index contributed by atoms with van der Waals surface area (Å²) in [5, 5.41) is 0. The van der Waals surface area contributed by atoms with Gasteiger partial charge in [0.05, 0.1) is 0 Å². The predicted molar refractivity (Wildman–Crippen MR) is 80.7 cm³/mol. The highest BCUT2D eigenvalue weighted by atomic mass is 32.2. The molecule has 0 bridgehead atoms. The zero-order valence-electron chi connectivity index (χ0n) is 10.7. The molecule has 2 N–H and O–H groups in total. The summed E-state index contributed by atoms with van der Waals surface area (Å²) in [6.45, 7) is 2.13. The largest absolute Gasteiger partial charge is 0.323 e. The molecule has 2 aromatic rings. The van der Waals surface area contributed by atoms with Crippen LogP contribution in [0, 0.1) is 6.92 Å². The average Bonchev–Trinajstić information content (AvgIpc) is 2.40. The number of rotatable bonds is 5. The molecule has 0 spiro atoms. The number of hydrogen-bond donors (Lipinski definition) is 1. The van der Waals surface area contributed by atoms with Crippen LogP contribution in [0.25, 0.3) is 0 Å². The fourth-order valence-electron chi connectivity index (χ4n) is 1.90. The lowest BCUT2D eigenvalue weighted by atomic mass is 10.1. The zero-order chi connectivity index (χ0) is 12.8. The van der Waals surface area contributed by atoms with E-state index in [2.05, 4.69) is 43.3 Å². The minimum Gasteiger partial charge on any atom is -0.323 e. The highest BCUT2D eigenvalue weighted by molar-refractivity contribution is 7.98. The van der Waals surface area contributed by atoms with E-state index >= 15 is 0 Å². The van der Waals surface area contributed by atoms with Gasteiger partial charge in [-0.2, -0.15) is 11.8 Å². The van der Waals surface area contributed by atoms with Gasteiger partial charge >= 0.3 is 0 Å². The summed E-state index contributed by atoms with van der Waals surface area (Å²) in [7, 11) is 0. The van der Waals surface area contributed by atoms with Gasteiger partial charge < -0.3 is 5.73 Å². The Morgan fingerprint density at radius 2 is 1.83 bits per heavy atom. The Hall–Kier alpha value is -1.25. The van der Waals surface area contributed by atoms with E-state index in [0.717, 1.165) is 11.5 Å². The fourth-order valence-corrected chi connectivity index (χ4v) is 2.88. The monoisotopic (exact) mass is 257 g/mol. The molecule has 2 rings (SSSR count). The molecule has 0 fully saturated rings.